The number of thiazole rings is 4. The lowest BCUT2D eigenvalue weighted by Crippen LogP contribution is -2.25. The monoisotopic (exact) mass is 1600 g/mol. The quantitative estimate of drug-likeness (QED) is 0.0513. The van der Waals surface area contributed by atoms with Crippen molar-refractivity contribution in [1.82, 2.24) is 29.9 Å². The molecule has 0 bridgehead atoms. The van der Waals surface area contributed by atoms with Crippen molar-refractivity contribution < 1.29 is 51.5 Å². The Hall–Kier alpha value is -11.2. The van der Waals surface area contributed by atoms with E-state index in [1.807, 2.05) is 92.5 Å². The lowest BCUT2D eigenvalue weighted by Gasteiger charge is -2.17. The second-order valence-electron chi connectivity index (χ2n) is 25.8. The maximum absolute atomic E-state index is 14.6. The van der Waals surface area contributed by atoms with Crippen molar-refractivity contribution in [2.24, 2.45) is 0 Å². The Morgan fingerprint density at radius 3 is 0.973 bits per heavy atom. The molecule has 12 aromatic rings. The normalized spacial score (nSPS) is 10.7. The molecule has 0 spiro atoms. The molecule has 0 atom stereocenters. The van der Waals surface area contributed by atoms with Gasteiger partial charge in [0.15, 0.2) is 23.1 Å². The van der Waals surface area contributed by atoms with Crippen LogP contribution in [-0.2, 0) is 44.9 Å². The molecule has 112 heavy (non-hydrogen) atoms. The van der Waals surface area contributed by atoms with Crippen molar-refractivity contribution in [3.63, 3.8) is 0 Å². The standard InChI is InChI=1S/C22H21ClN2O2S.C22H21FN2O2S.2C21H20FN3O2S/c2*1-4-22(27)25(3)17-9-10-18(19(23)11-17)15-5-7-16(8-6-15)20(26)12-21-24-14(2)13-28-21;1-4-21(27)25(3)15-6-7-16(17(22)9-15)18-8-5-14(11-23-18)19(26)10-20-24-13(2)12-28-20;1-4-21(27)25(3)15-6-7-16(17(22)9-15)14-5-8-18(23-11-14)19(26)10-20-24-13(2)12-28-20/h2*5-11,13H,4,12H2,1-3H3;2*5-9,11-12H,4,10H2,1-3H3. The fourth-order valence-corrected chi connectivity index (χ4v) is 14.6. The van der Waals surface area contributed by atoms with Gasteiger partial charge in [-0.2, -0.15) is 0 Å². The van der Waals surface area contributed by atoms with Crippen molar-refractivity contribution in [1.29, 1.82) is 0 Å². The van der Waals surface area contributed by atoms with Crippen LogP contribution >= 0.6 is 56.9 Å². The summed E-state index contributed by atoms with van der Waals surface area (Å²) in [5.41, 5.74) is 12.4. The highest BCUT2D eigenvalue weighted by atomic mass is 35.5. The molecule has 12 rings (SSSR count). The highest BCUT2D eigenvalue weighted by Crippen LogP contribution is 2.34. The topological polar surface area (TPSA) is 227 Å². The van der Waals surface area contributed by atoms with Crippen molar-refractivity contribution in [3.05, 3.63) is 267 Å². The number of hydrogen-bond acceptors (Lipinski definition) is 18. The first-order valence-electron chi connectivity index (χ1n) is 35.7. The number of hydrogen-bond donors (Lipinski definition) is 0. The lowest BCUT2D eigenvalue weighted by atomic mass is 10.0. The van der Waals surface area contributed by atoms with Gasteiger partial charge in [-0.25, -0.2) is 33.1 Å². The molecule has 0 aliphatic heterocycles. The van der Waals surface area contributed by atoms with E-state index < -0.39 is 17.5 Å². The van der Waals surface area contributed by atoms with E-state index in [1.54, 1.807) is 145 Å². The van der Waals surface area contributed by atoms with E-state index in [2.05, 4.69) is 29.9 Å². The van der Waals surface area contributed by atoms with Gasteiger partial charge < -0.3 is 19.6 Å². The van der Waals surface area contributed by atoms with Crippen molar-refractivity contribution >= 4 is 126 Å². The lowest BCUT2D eigenvalue weighted by molar-refractivity contribution is -0.118. The average molecular weight is 1600 g/mol. The average Bonchev–Trinajstić information content (AvgIpc) is 1.03. The van der Waals surface area contributed by atoms with E-state index in [4.69, 9.17) is 11.6 Å². The molecule has 576 valence electrons. The summed E-state index contributed by atoms with van der Waals surface area (Å²) in [5.74, 6) is -1.75. The minimum atomic E-state index is -0.474. The van der Waals surface area contributed by atoms with E-state index in [0.29, 0.717) is 110 Å². The van der Waals surface area contributed by atoms with Gasteiger partial charge in [0.05, 0.1) is 36.4 Å². The summed E-state index contributed by atoms with van der Waals surface area (Å²) in [6.45, 7) is 14.7. The second kappa shape index (κ2) is 39.6. The molecule has 0 saturated carbocycles. The van der Waals surface area contributed by atoms with Crippen LogP contribution in [0.5, 0.6) is 0 Å². The first-order valence-corrected chi connectivity index (χ1v) is 39.6. The summed E-state index contributed by atoms with van der Waals surface area (Å²) in [5, 5.41) is 11.4. The number of Topliss-reactive ketones (excluding diaryl/α,β-unsaturated/α-hetero) is 4. The molecule has 6 aromatic carbocycles. The molecule has 4 amide bonds. The Morgan fingerprint density at radius 1 is 0.348 bits per heavy atom. The second-order valence-corrected chi connectivity index (χ2v) is 30.0. The number of rotatable bonds is 24. The summed E-state index contributed by atoms with van der Waals surface area (Å²) in [7, 11) is 6.60. The van der Waals surface area contributed by atoms with Crippen LogP contribution in [0.3, 0.4) is 0 Å². The molecule has 18 nitrogen and oxygen atoms in total. The predicted molar refractivity (Wildman–Crippen MR) is 442 cm³/mol. The number of aromatic nitrogens is 6. The number of carbonyl (C=O) groups excluding carboxylic acids is 8. The Bertz CT molecular complexity index is 4720. The van der Waals surface area contributed by atoms with Crippen LogP contribution in [0.2, 0.25) is 5.02 Å². The molecule has 0 aliphatic carbocycles. The summed E-state index contributed by atoms with van der Waals surface area (Å²) in [4.78, 5) is 128. The van der Waals surface area contributed by atoms with Crippen LogP contribution < -0.4 is 19.6 Å². The summed E-state index contributed by atoms with van der Waals surface area (Å²) in [6, 6.07) is 40.3. The van der Waals surface area contributed by atoms with Crippen LogP contribution in [0.15, 0.2) is 180 Å². The smallest absolute Gasteiger partial charge is 0.226 e. The molecule has 6 heterocycles. The maximum atomic E-state index is 14.6. The van der Waals surface area contributed by atoms with Gasteiger partial charge in [0, 0.05) is 178 Å². The molecule has 0 fully saturated rings. The Kier molecular flexibility index (Phi) is 30.0. The van der Waals surface area contributed by atoms with Crippen LogP contribution in [0, 0.1) is 45.1 Å². The van der Waals surface area contributed by atoms with E-state index in [1.165, 1.54) is 90.6 Å². The molecule has 26 heteroatoms. The molecule has 0 aliphatic rings. The van der Waals surface area contributed by atoms with Gasteiger partial charge in [0.2, 0.25) is 23.6 Å². The maximum Gasteiger partial charge on any atom is 0.226 e. The summed E-state index contributed by atoms with van der Waals surface area (Å²) >= 11 is 12.3. The van der Waals surface area contributed by atoms with Gasteiger partial charge in [-0.1, -0.05) is 100.0 Å². The SMILES string of the molecule is CCC(=O)N(C)c1ccc(-c2ccc(C(=O)Cc3nc(C)cs3)cc2)c(Cl)c1.CCC(=O)N(C)c1ccc(-c2ccc(C(=O)Cc3nc(C)cs3)cc2)c(F)c1.CCC(=O)N(C)c1ccc(-c2ccc(C(=O)Cc3nc(C)cs3)cn2)c(F)c1.CCC(=O)N(C)c1ccc(-c2ccc(C(=O)Cc3nc(C)cs3)nc2)c(F)c1. The molecule has 0 saturated heterocycles. The molecule has 0 unspecified atom stereocenters. The third kappa shape index (κ3) is 22.5. The Balaban J connectivity index is 0.000000171. The first kappa shape index (κ1) is 84.8. The largest absolute Gasteiger partial charge is 0.315 e. The number of aryl methyl sites for hydroxylation is 4. The third-order valence-corrected chi connectivity index (χ3v) is 21.9. The van der Waals surface area contributed by atoms with Crippen LogP contribution in [0.4, 0.5) is 35.9 Å². The molecule has 0 radical (unpaired) electrons. The van der Waals surface area contributed by atoms with Gasteiger partial charge in [-0.3, -0.25) is 48.3 Å². The summed E-state index contributed by atoms with van der Waals surface area (Å²) < 4.78 is 43.7. The van der Waals surface area contributed by atoms with E-state index in [0.717, 1.165) is 59.6 Å². The van der Waals surface area contributed by atoms with Gasteiger partial charge in [-0.15, -0.1) is 45.3 Å². The van der Waals surface area contributed by atoms with E-state index >= 15 is 0 Å². The van der Waals surface area contributed by atoms with Crippen LogP contribution in [0.1, 0.15) is 138 Å². The zero-order valence-corrected chi connectivity index (χ0v) is 67.9. The van der Waals surface area contributed by atoms with Gasteiger partial charge in [0.25, 0.3) is 0 Å². The Morgan fingerprint density at radius 2 is 0.661 bits per heavy atom. The number of nitrogens with zero attached hydrogens (tertiary/aromatic N) is 10. The highest BCUT2D eigenvalue weighted by Gasteiger charge is 2.21. The van der Waals surface area contributed by atoms with E-state index in [9.17, 15) is 51.5 Å². The molecule has 0 N–H and O–H groups in total. The Labute approximate surface area is 669 Å². The van der Waals surface area contributed by atoms with E-state index in [-0.39, 0.29) is 66.0 Å². The zero-order chi connectivity index (χ0) is 81.0. The number of carbonyl (C=O) groups is 8. The van der Waals surface area contributed by atoms with Gasteiger partial charge >= 0.3 is 0 Å². The van der Waals surface area contributed by atoms with Crippen molar-refractivity contribution in [3.8, 4) is 44.6 Å². The highest BCUT2D eigenvalue weighted by molar-refractivity contribution is 7.10. The molecule has 6 aromatic heterocycles. The number of pyridine rings is 2. The van der Waals surface area contributed by atoms with Crippen molar-refractivity contribution in [2.45, 2.75) is 107 Å². The minimum Gasteiger partial charge on any atom is -0.315 e. The third-order valence-electron chi connectivity index (χ3n) is 17.7. The minimum absolute atomic E-state index is 0.0172. The zero-order valence-electron chi connectivity index (χ0n) is 63.9. The fourth-order valence-electron chi connectivity index (χ4n) is 11.3. The number of amides is 4. The number of halogens is 4. The van der Waals surface area contributed by atoms with Crippen LogP contribution in [-0.4, -0.2) is 105 Å². The molecular formula is C86H82ClF3N10O8S4. The summed E-state index contributed by atoms with van der Waals surface area (Å²) in [6.07, 6.45) is 5.42. The fraction of sp³-hybridized carbons (Fsp3) is 0.233. The first-order chi connectivity index (χ1) is 53.5. The van der Waals surface area contributed by atoms with Gasteiger partial charge in [-0.05, 0) is 124 Å². The van der Waals surface area contributed by atoms with Crippen LogP contribution in [0.25, 0.3) is 44.6 Å². The number of ketones is 4. The number of anilines is 4. The molecular weight excluding hydrogens is 1520 g/mol. The predicted octanol–water partition coefficient (Wildman–Crippen LogP) is 19.5. The van der Waals surface area contributed by atoms with Gasteiger partial charge in [0.1, 0.15) is 43.2 Å². The number of benzene rings is 6. The van der Waals surface area contributed by atoms with Crippen molar-refractivity contribution in [2.75, 3.05) is 47.8 Å².